The van der Waals surface area contributed by atoms with Crippen LogP contribution in [0.4, 0.5) is 0 Å². The van der Waals surface area contributed by atoms with Crippen LogP contribution in [0.3, 0.4) is 0 Å². The fourth-order valence-corrected chi connectivity index (χ4v) is 4.78. The van der Waals surface area contributed by atoms with E-state index in [2.05, 4.69) is 21.7 Å². The zero-order valence-corrected chi connectivity index (χ0v) is 21.4. The lowest BCUT2D eigenvalue weighted by Crippen LogP contribution is -2.48. The average Bonchev–Trinajstić information content (AvgIpc) is 3.24. The van der Waals surface area contributed by atoms with Crippen molar-refractivity contribution in [1.82, 2.24) is 8.75 Å². The molecule has 0 fully saturated rings. The summed E-state index contributed by atoms with van der Waals surface area (Å²) in [5.74, 6) is 0.577. The zero-order valence-electron chi connectivity index (χ0n) is 19.7. The second kappa shape index (κ2) is 14.4. The first-order chi connectivity index (χ1) is 15.4. The molecule has 0 aromatic carbocycles. The van der Waals surface area contributed by atoms with E-state index < -0.39 is 7.82 Å². The van der Waals surface area contributed by atoms with Crippen molar-refractivity contribution in [3.8, 4) is 5.88 Å². The smallest absolute Gasteiger partial charge is 0.475 e. The molecule has 2 rings (SSSR count). The summed E-state index contributed by atoms with van der Waals surface area (Å²) in [7, 11) is -2.12. The van der Waals surface area contributed by atoms with Crippen molar-refractivity contribution in [2.24, 2.45) is 0 Å². The lowest BCUT2D eigenvalue weighted by molar-refractivity contribution is -0.918. The molecule has 0 radical (unpaired) electrons. The standard InChI is InChI=1S/C21H38N3O6PS/c1-4-6-7-8-15-28-21-20(22-32-23-21)19-11-9-12-24(3,17-19)18-30-31(25,26)29-16-10-14-27-13-5-2/h11H,4-10,12-18H2,1-3H3/p+1. The Bertz CT molecular complexity index is 747. The number of quaternary nitrogens is 1. The first kappa shape index (κ1) is 27.4. The van der Waals surface area contributed by atoms with Gasteiger partial charge in [0.2, 0.25) is 0 Å². The van der Waals surface area contributed by atoms with Gasteiger partial charge in [0.15, 0.2) is 6.73 Å². The van der Waals surface area contributed by atoms with Crippen molar-refractivity contribution in [3.05, 3.63) is 11.8 Å². The van der Waals surface area contributed by atoms with Gasteiger partial charge < -0.3 is 14.4 Å². The number of phosphoric acid groups is 1. The predicted octanol–water partition coefficient (Wildman–Crippen LogP) is 4.64. The second-order valence-corrected chi connectivity index (χ2v) is 10.4. The minimum atomic E-state index is -4.11. The molecule has 32 heavy (non-hydrogen) atoms. The van der Waals surface area contributed by atoms with Crippen LogP contribution in [0.25, 0.3) is 5.57 Å². The highest BCUT2D eigenvalue weighted by Crippen LogP contribution is 2.44. The Hall–Kier alpha value is -0.870. The number of hydrogen-bond acceptors (Lipinski definition) is 8. The molecular formula is C21H39N3O6PS+. The van der Waals surface area contributed by atoms with Crippen molar-refractivity contribution in [2.45, 2.75) is 58.8 Å². The molecular weight excluding hydrogens is 453 g/mol. The molecule has 1 aromatic rings. The topological polar surface area (TPSA) is 100 Å². The monoisotopic (exact) mass is 492 g/mol. The summed E-state index contributed by atoms with van der Waals surface area (Å²) in [6, 6.07) is 0. The average molecular weight is 493 g/mol. The van der Waals surface area contributed by atoms with Crippen LogP contribution >= 0.6 is 19.6 Å². The van der Waals surface area contributed by atoms with Gasteiger partial charge in [-0.25, -0.2) is 9.09 Å². The summed E-state index contributed by atoms with van der Waals surface area (Å²) in [5, 5.41) is 0. The van der Waals surface area contributed by atoms with Crippen LogP contribution in [0.2, 0.25) is 0 Å². The Morgan fingerprint density at radius 1 is 1.06 bits per heavy atom. The predicted molar refractivity (Wildman–Crippen MR) is 126 cm³/mol. The first-order valence-electron chi connectivity index (χ1n) is 11.6. The number of likely N-dealkylation sites (N-methyl/N-ethyl adjacent to an activating group) is 1. The van der Waals surface area contributed by atoms with Crippen LogP contribution < -0.4 is 4.74 Å². The molecule has 11 heteroatoms. The maximum atomic E-state index is 12.3. The molecule has 0 bridgehead atoms. The van der Waals surface area contributed by atoms with Crippen LogP contribution in [0.5, 0.6) is 5.88 Å². The molecule has 0 saturated carbocycles. The van der Waals surface area contributed by atoms with E-state index in [9.17, 15) is 9.46 Å². The number of rotatable bonds is 17. The summed E-state index contributed by atoms with van der Waals surface area (Å²) >= 11 is 1.14. The third-order valence-electron chi connectivity index (χ3n) is 5.18. The van der Waals surface area contributed by atoms with Crippen LogP contribution in [0.15, 0.2) is 6.08 Å². The number of unbranched alkanes of at least 4 members (excludes halogenated alkanes) is 3. The van der Waals surface area contributed by atoms with Crippen LogP contribution in [0.1, 0.15) is 64.5 Å². The van der Waals surface area contributed by atoms with Gasteiger partial charge in [0.25, 0.3) is 5.88 Å². The highest BCUT2D eigenvalue weighted by molar-refractivity contribution is 7.47. The third-order valence-corrected chi connectivity index (χ3v) is 6.64. The van der Waals surface area contributed by atoms with Crippen molar-refractivity contribution < 1.29 is 32.5 Å². The molecule has 0 spiro atoms. The van der Waals surface area contributed by atoms with Crippen molar-refractivity contribution in [2.75, 3.05) is 53.3 Å². The number of hydrogen-bond donors (Lipinski definition) is 1. The van der Waals surface area contributed by atoms with Gasteiger partial charge in [0.05, 0.1) is 38.5 Å². The summed E-state index contributed by atoms with van der Waals surface area (Å²) in [6.07, 6.45) is 8.99. The molecule has 1 aromatic heterocycles. The first-order valence-corrected chi connectivity index (χ1v) is 13.8. The minimum Gasteiger partial charge on any atom is -0.475 e. The molecule has 0 amide bonds. The molecule has 184 valence electrons. The lowest BCUT2D eigenvalue weighted by Gasteiger charge is -2.37. The molecule has 1 aliphatic rings. The van der Waals surface area contributed by atoms with Gasteiger partial charge in [0.1, 0.15) is 12.2 Å². The van der Waals surface area contributed by atoms with Crippen LogP contribution in [-0.4, -0.2) is 71.4 Å². The van der Waals surface area contributed by atoms with E-state index in [-0.39, 0.29) is 13.3 Å². The van der Waals surface area contributed by atoms with Gasteiger partial charge in [0, 0.05) is 25.2 Å². The minimum absolute atomic E-state index is 0.0717. The summed E-state index contributed by atoms with van der Waals surface area (Å²) in [4.78, 5) is 10.0. The van der Waals surface area contributed by atoms with E-state index in [0.717, 1.165) is 55.2 Å². The normalized spacial score (nSPS) is 20.7. The molecule has 0 saturated heterocycles. The SMILES string of the molecule is CCCCCCOc1nsnc1C1=CCC[N+](C)(COP(=O)(O)OCCCOCCC)C1. The van der Waals surface area contributed by atoms with Gasteiger partial charge in [-0.05, 0) is 19.3 Å². The molecule has 1 aliphatic heterocycles. The van der Waals surface area contributed by atoms with Gasteiger partial charge in [-0.1, -0.05) is 39.2 Å². The number of aromatic nitrogens is 2. The second-order valence-electron chi connectivity index (χ2n) is 8.37. The maximum Gasteiger partial charge on any atom is 0.476 e. The molecule has 2 heterocycles. The Kier molecular flexibility index (Phi) is 12.3. The maximum absolute atomic E-state index is 12.3. The summed E-state index contributed by atoms with van der Waals surface area (Å²) in [5.41, 5.74) is 1.80. The molecule has 9 nitrogen and oxygen atoms in total. The molecule has 2 unspecified atom stereocenters. The largest absolute Gasteiger partial charge is 0.476 e. The molecule has 0 aliphatic carbocycles. The third kappa shape index (κ3) is 9.95. The quantitative estimate of drug-likeness (QED) is 0.191. The molecule has 2 atom stereocenters. The van der Waals surface area contributed by atoms with E-state index in [1.807, 2.05) is 14.0 Å². The van der Waals surface area contributed by atoms with Crippen molar-refractivity contribution >= 4 is 25.1 Å². The van der Waals surface area contributed by atoms with Crippen molar-refractivity contribution in [3.63, 3.8) is 0 Å². The summed E-state index contributed by atoms with van der Waals surface area (Å²) in [6.45, 7) is 7.63. The number of phosphoric ester groups is 1. The van der Waals surface area contributed by atoms with Gasteiger partial charge in [-0.2, -0.15) is 4.37 Å². The van der Waals surface area contributed by atoms with E-state index in [1.165, 1.54) is 12.8 Å². The van der Waals surface area contributed by atoms with E-state index in [1.54, 1.807) is 0 Å². The van der Waals surface area contributed by atoms with Gasteiger partial charge >= 0.3 is 7.82 Å². The fourth-order valence-electron chi connectivity index (χ4n) is 3.39. The fraction of sp³-hybridized carbons (Fsp3) is 0.810. The Morgan fingerprint density at radius 2 is 1.91 bits per heavy atom. The molecule has 1 N–H and O–H groups in total. The van der Waals surface area contributed by atoms with Crippen LogP contribution in [0, 0.1) is 0 Å². The lowest BCUT2D eigenvalue weighted by atomic mass is 10.1. The van der Waals surface area contributed by atoms with Crippen molar-refractivity contribution in [1.29, 1.82) is 0 Å². The zero-order chi connectivity index (χ0) is 23.3. The summed E-state index contributed by atoms with van der Waals surface area (Å²) < 4.78 is 43.1. The Labute approximate surface area is 196 Å². The van der Waals surface area contributed by atoms with E-state index in [4.69, 9.17) is 18.5 Å². The van der Waals surface area contributed by atoms with Gasteiger partial charge in [-0.3, -0.25) is 9.01 Å². The number of nitrogens with zero attached hydrogens (tertiary/aromatic N) is 3. The van der Waals surface area contributed by atoms with Gasteiger partial charge in [-0.15, -0.1) is 4.37 Å². The Morgan fingerprint density at radius 3 is 2.69 bits per heavy atom. The highest BCUT2D eigenvalue weighted by atomic mass is 32.1. The van der Waals surface area contributed by atoms with E-state index >= 15 is 0 Å². The number of ether oxygens (including phenoxy) is 2. The van der Waals surface area contributed by atoms with E-state index in [0.29, 0.717) is 43.1 Å². The highest BCUT2D eigenvalue weighted by Gasteiger charge is 2.33. The Balaban J connectivity index is 1.82. The van der Waals surface area contributed by atoms with Crippen LogP contribution in [-0.2, 0) is 18.3 Å².